The van der Waals surface area contributed by atoms with E-state index in [1.54, 1.807) is 4.68 Å². The normalized spacial score (nSPS) is 11.0. The van der Waals surface area contributed by atoms with Crippen molar-refractivity contribution < 1.29 is 4.74 Å². The molecule has 5 rings (SSSR count). The van der Waals surface area contributed by atoms with Crippen LogP contribution in [0.3, 0.4) is 0 Å². The van der Waals surface area contributed by atoms with E-state index in [1.165, 1.54) is 0 Å². The lowest BCUT2D eigenvalue weighted by Crippen LogP contribution is -1.98. The highest BCUT2D eigenvalue weighted by Crippen LogP contribution is 2.29. The summed E-state index contributed by atoms with van der Waals surface area (Å²) in [6.45, 7) is 0.461. The first-order chi connectivity index (χ1) is 14.8. The molecule has 3 aromatic carbocycles. The molecule has 0 atom stereocenters. The van der Waals surface area contributed by atoms with Crippen molar-refractivity contribution in [3.05, 3.63) is 103 Å². The van der Waals surface area contributed by atoms with Crippen LogP contribution in [-0.2, 0) is 13.7 Å². The number of fused-ring (bicyclic) bond motifs is 1. The van der Waals surface area contributed by atoms with Crippen LogP contribution in [0.4, 0.5) is 0 Å². The minimum atomic E-state index is 0.461. The molecule has 0 N–H and O–H groups in total. The number of hydrogen-bond donors (Lipinski definition) is 0. The van der Waals surface area contributed by atoms with Crippen LogP contribution in [0.2, 0.25) is 0 Å². The Labute approximate surface area is 175 Å². The van der Waals surface area contributed by atoms with Crippen molar-refractivity contribution >= 4 is 10.9 Å². The molecule has 0 aliphatic rings. The lowest BCUT2D eigenvalue weighted by Gasteiger charge is -2.08. The smallest absolute Gasteiger partial charge is 0.241 e. The van der Waals surface area contributed by atoms with Crippen LogP contribution >= 0.6 is 0 Å². The molecular weight excluding hydrogens is 370 g/mol. The summed E-state index contributed by atoms with van der Waals surface area (Å²) in [7, 11) is 1.91. The molecule has 0 fully saturated rings. The molecule has 2 aromatic heterocycles. The third-order valence-electron chi connectivity index (χ3n) is 5.10. The number of rotatable bonds is 5. The summed E-state index contributed by atoms with van der Waals surface area (Å²) in [5.41, 5.74) is 6.24. The molecule has 30 heavy (non-hydrogen) atoms. The minimum absolute atomic E-state index is 0.461. The molecule has 0 radical (unpaired) electrons. The molecule has 0 saturated heterocycles. The van der Waals surface area contributed by atoms with Crippen LogP contribution < -0.4 is 4.74 Å². The van der Waals surface area contributed by atoms with Crippen molar-refractivity contribution in [2.45, 2.75) is 6.61 Å². The Kier molecular flexibility index (Phi) is 4.74. The molecule has 0 bridgehead atoms. The van der Waals surface area contributed by atoms with Gasteiger partial charge in [0.25, 0.3) is 0 Å². The Balaban J connectivity index is 1.33. The third-order valence-corrected chi connectivity index (χ3v) is 5.10. The van der Waals surface area contributed by atoms with Crippen molar-refractivity contribution in [1.82, 2.24) is 14.8 Å². The first kappa shape index (κ1) is 18.1. The summed E-state index contributed by atoms with van der Waals surface area (Å²) in [6, 6.07) is 30.9. The van der Waals surface area contributed by atoms with Crippen molar-refractivity contribution in [1.29, 1.82) is 0 Å². The lowest BCUT2D eigenvalue weighted by molar-refractivity contribution is 0.292. The molecular formula is C26H21N3O. The zero-order valence-electron chi connectivity index (χ0n) is 16.7. The van der Waals surface area contributed by atoms with Gasteiger partial charge < -0.3 is 4.74 Å². The molecule has 5 aromatic rings. The molecule has 0 spiro atoms. The number of benzene rings is 3. The summed E-state index contributed by atoms with van der Waals surface area (Å²) in [5, 5.41) is 5.63. The number of nitrogens with zero attached hydrogens (tertiary/aromatic N) is 3. The van der Waals surface area contributed by atoms with Crippen LogP contribution in [-0.4, -0.2) is 14.8 Å². The Bertz CT molecular complexity index is 1290. The van der Waals surface area contributed by atoms with Gasteiger partial charge in [0.15, 0.2) is 0 Å². The van der Waals surface area contributed by atoms with Crippen molar-refractivity contribution in [3.63, 3.8) is 0 Å². The van der Waals surface area contributed by atoms with Crippen LogP contribution in [0.1, 0.15) is 5.56 Å². The van der Waals surface area contributed by atoms with Gasteiger partial charge in [0.05, 0.1) is 16.8 Å². The summed E-state index contributed by atoms with van der Waals surface area (Å²) >= 11 is 0. The van der Waals surface area contributed by atoms with Crippen LogP contribution in [0.5, 0.6) is 5.88 Å². The van der Waals surface area contributed by atoms with E-state index in [0.29, 0.717) is 12.5 Å². The van der Waals surface area contributed by atoms with Gasteiger partial charge in [-0.05, 0) is 23.3 Å². The summed E-state index contributed by atoms with van der Waals surface area (Å²) < 4.78 is 7.84. The largest absolute Gasteiger partial charge is 0.471 e. The minimum Gasteiger partial charge on any atom is -0.471 e. The second-order valence-electron chi connectivity index (χ2n) is 7.26. The summed E-state index contributed by atoms with van der Waals surface area (Å²) in [6.07, 6.45) is 1.99. The van der Waals surface area contributed by atoms with Crippen molar-refractivity contribution in [2.24, 2.45) is 7.05 Å². The summed E-state index contributed by atoms with van der Waals surface area (Å²) in [4.78, 5) is 4.77. The Hall–Kier alpha value is -3.92. The molecule has 0 aliphatic carbocycles. The standard InChI is InChI=1S/C26H21N3O/c1-29-17-23(20-7-3-2-4-8-20)26(28-29)30-18-19-11-13-22(14-12-19)25-16-15-21-9-5-6-10-24(21)27-25/h2-17H,18H2,1H3. The van der Waals surface area contributed by atoms with Gasteiger partial charge in [0, 0.05) is 24.2 Å². The van der Waals surface area contributed by atoms with Crippen molar-refractivity contribution in [2.75, 3.05) is 0 Å². The second-order valence-corrected chi connectivity index (χ2v) is 7.26. The highest BCUT2D eigenvalue weighted by atomic mass is 16.5. The maximum absolute atomic E-state index is 6.05. The highest BCUT2D eigenvalue weighted by molar-refractivity contribution is 5.81. The molecule has 2 heterocycles. The average molecular weight is 391 g/mol. The Morgan fingerprint density at radius 3 is 2.37 bits per heavy atom. The zero-order valence-corrected chi connectivity index (χ0v) is 16.7. The number of aryl methyl sites for hydroxylation is 1. The number of aromatic nitrogens is 3. The van der Waals surface area contributed by atoms with E-state index in [0.717, 1.165) is 38.9 Å². The van der Waals surface area contributed by atoms with E-state index >= 15 is 0 Å². The zero-order chi connectivity index (χ0) is 20.3. The predicted molar refractivity (Wildman–Crippen MR) is 120 cm³/mol. The number of hydrogen-bond acceptors (Lipinski definition) is 3. The van der Waals surface area contributed by atoms with Gasteiger partial charge >= 0.3 is 0 Å². The monoisotopic (exact) mass is 391 g/mol. The fourth-order valence-electron chi connectivity index (χ4n) is 3.54. The van der Waals surface area contributed by atoms with Crippen LogP contribution in [0, 0.1) is 0 Å². The highest BCUT2D eigenvalue weighted by Gasteiger charge is 2.11. The first-order valence-corrected chi connectivity index (χ1v) is 9.93. The predicted octanol–water partition coefficient (Wildman–Crippen LogP) is 5.88. The van der Waals surface area contributed by atoms with Gasteiger partial charge in [-0.15, -0.1) is 5.10 Å². The van der Waals surface area contributed by atoms with Gasteiger partial charge in [0.1, 0.15) is 6.61 Å². The number of pyridine rings is 1. The third kappa shape index (κ3) is 3.67. The molecule has 4 heteroatoms. The van der Waals surface area contributed by atoms with E-state index in [1.807, 2.05) is 49.6 Å². The molecule has 0 unspecified atom stereocenters. The van der Waals surface area contributed by atoms with E-state index in [9.17, 15) is 0 Å². The molecule has 146 valence electrons. The molecule has 0 saturated carbocycles. The lowest BCUT2D eigenvalue weighted by atomic mass is 10.1. The van der Waals surface area contributed by atoms with Gasteiger partial charge in [-0.2, -0.15) is 0 Å². The molecule has 0 amide bonds. The van der Waals surface area contributed by atoms with Gasteiger partial charge in [-0.25, -0.2) is 4.98 Å². The number of ether oxygens (including phenoxy) is 1. The van der Waals surface area contributed by atoms with Crippen LogP contribution in [0.15, 0.2) is 97.2 Å². The van der Waals surface area contributed by atoms with Gasteiger partial charge in [-0.3, -0.25) is 4.68 Å². The fraction of sp³-hybridized carbons (Fsp3) is 0.0769. The van der Waals surface area contributed by atoms with E-state index in [2.05, 4.69) is 59.7 Å². The summed E-state index contributed by atoms with van der Waals surface area (Å²) in [5.74, 6) is 0.643. The Morgan fingerprint density at radius 2 is 1.53 bits per heavy atom. The topological polar surface area (TPSA) is 39.9 Å². The van der Waals surface area contributed by atoms with E-state index < -0.39 is 0 Å². The fourth-order valence-corrected chi connectivity index (χ4v) is 3.54. The molecule has 0 aliphatic heterocycles. The maximum atomic E-state index is 6.05. The average Bonchev–Trinajstić information content (AvgIpc) is 3.19. The second kappa shape index (κ2) is 7.84. The van der Waals surface area contributed by atoms with E-state index in [4.69, 9.17) is 9.72 Å². The number of para-hydroxylation sites is 1. The van der Waals surface area contributed by atoms with Gasteiger partial charge in [-0.1, -0.05) is 78.9 Å². The van der Waals surface area contributed by atoms with Crippen LogP contribution in [0.25, 0.3) is 33.3 Å². The maximum Gasteiger partial charge on any atom is 0.241 e. The Morgan fingerprint density at radius 1 is 0.767 bits per heavy atom. The van der Waals surface area contributed by atoms with E-state index in [-0.39, 0.29) is 0 Å². The first-order valence-electron chi connectivity index (χ1n) is 9.93. The van der Waals surface area contributed by atoms with Gasteiger partial charge in [0.2, 0.25) is 5.88 Å². The molecule has 4 nitrogen and oxygen atoms in total. The SMILES string of the molecule is Cn1cc(-c2ccccc2)c(OCc2ccc(-c3ccc4ccccc4n3)cc2)n1. The quantitative estimate of drug-likeness (QED) is 0.375. The van der Waals surface area contributed by atoms with Crippen molar-refractivity contribution in [3.8, 4) is 28.3 Å².